The molecule has 2 saturated heterocycles. The van der Waals surface area contributed by atoms with Gasteiger partial charge in [-0.1, -0.05) is 18.1 Å². The minimum absolute atomic E-state index is 0.00217. The molecule has 2 aromatic carbocycles. The van der Waals surface area contributed by atoms with Crippen molar-refractivity contribution in [2.45, 2.75) is 43.4 Å². The quantitative estimate of drug-likeness (QED) is 0.144. The Kier molecular flexibility index (Phi) is 8.19. The molecule has 4 N–H and O–H groups in total. The average Bonchev–Trinajstić information content (AvgIpc) is 3.73. The van der Waals surface area contributed by atoms with Crippen LogP contribution >= 0.6 is 11.3 Å². The molecule has 2 fully saturated rings. The summed E-state index contributed by atoms with van der Waals surface area (Å²) in [6.45, 7) is 0.494. The van der Waals surface area contributed by atoms with Crippen LogP contribution in [0, 0.1) is 35.3 Å². The first-order valence-electron chi connectivity index (χ1n) is 16.4. The lowest BCUT2D eigenvalue weighted by Gasteiger charge is -2.33. The number of nitrogen functional groups attached to an aromatic ring is 2. The van der Waals surface area contributed by atoms with E-state index in [0.29, 0.717) is 13.0 Å². The third-order valence-electron chi connectivity index (χ3n) is 10.2. The first-order valence-corrected chi connectivity index (χ1v) is 17.2. The molecule has 0 radical (unpaired) electrons. The second-order valence-corrected chi connectivity index (χ2v) is 14.1. The summed E-state index contributed by atoms with van der Waals surface area (Å²) in [5.74, 6) is 0.387. The molecule has 52 heavy (non-hydrogen) atoms. The molecule has 0 amide bonds. The first kappa shape index (κ1) is 33.7. The zero-order valence-corrected chi connectivity index (χ0v) is 28.1. The maximum atomic E-state index is 17.4. The Hall–Kier alpha value is -5.45. The molecule has 5 aromatic rings. The van der Waals surface area contributed by atoms with Crippen molar-refractivity contribution in [1.29, 1.82) is 5.26 Å². The fraction of sp³-hybridized carbons (Fsp3) is 0.333. The maximum Gasteiger partial charge on any atom is 0.319 e. The van der Waals surface area contributed by atoms with Crippen molar-refractivity contribution in [1.82, 2.24) is 19.9 Å². The summed E-state index contributed by atoms with van der Waals surface area (Å²) in [6, 6.07) is 5.18. The van der Waals surface area contributed by atoms with Gasteiger partial charge in [0.1, 0.15) is 65.2 Å². The van der Waals surface area contributed by atoms with E-state index in [1.165, 1.54) is 29.3 Å². The molecule has 0 aliphatic carbocycles. The molecule has 0 saturated carbocycles. The zero-order valence-electron chi connectivity index (χ0n) is 27.3. The molecule has 3 atom stereocenters. The van der Waals surface area contributed by atoms with Crippen LogP contribution in [0.5, 0.6) is 11.8 Å². The number of pyridine rings is 1. The fourth-order valence-electron chi connectivity index (χ4n) is 7.97. The highest BCUT2D eigenvalue weighted by atomic mass is 32.1. The predicted octanol–water partition coefficient (Wildman–Crippen LogP) is 6.36. The van der Waals surface area contributed by atoms with Crippen LogP contribution in [-0.4, -0.2) is 70.8 Å². The first-order chi connectivity index (χ1) is 25.1. The number of ether oxygens (including phenoxy) is 2. The number of nitrogens with zero attached hydrogens (tertiary/aromatic N) is 6. The van der Waals surface area contributed by atoms with Gasteiger partial charge in [0.25, 0.3) is 6.43 Å². The number of benzene rings is 2. The Balaban J connectivity index is 1.40. The van der Waals surface area contributed by atoms with Gasteiger partial charge in [0.2, 0.25) is 0 Å². The Labute approximate surface area is 297 Å². The van der Waals surface area contributed by atoms with Crippen molar-refractivity contribution in [2.24, 2.45) is 0 Å². The van der Waals surface area contributed by atoms with Gasteiger partial charge < -0.3 is 25.8 Å². The monoisotopic (exact) mass is 732 g/mol. The number of halogens is 5. The van der Waals surface area contributed by atoms with E-state index in [4.69, 9.17) is 27.4 Å². The van der Waals surface area contributed by atoms with E-state index in [2.05, 4.69) is 20.9 Å². The standard InChI is InChI=1S/C36H29F5N8O2S/c1-2-18-23(19-6-7-22(38)30-24(19)21(14-42)33(44)52-30)26(39)27-25-29(18)50-12-11-49(28(31(40)41)20-5-3-9-45-32(20)43)34(25)47-35(46-27)51-16-36-8-4-10-48(36)15-17(37)13-36/h1,3,5-7,9,17,28,31H,4,8,10-13,15-16,44H2,(H2,43,45)/t17-,28+,36+/m1/s1. The fourth-order valence-corrected chi connectivity index (χ4v) is 8.92. The lowest BCUT2D eigenvalue weighted by Crippen LogP contribution is -2.43. The number of hydrogen-bond acceptors (Lipinski definition) is 11. The average molecular weight is 733 g/mol. The third kappa shape index (κ3) is 5.11. The van der Waals surface area contributed by atoms with Crippen LogP contribution in [0.1, 0.15) is 42.0 Å². The van der Waals surface area contributed by atoms with E-state index >= 15 is 17.6 Å². The normalized spacial score (nSPS) is 20.5. The highest BCUT2D eigenvalue weighted by Gasteiger charge is 2.49. The summed E-state index contributed by atoms with van der Waals surface area (Å²) in [6.07, 6.45) is 5.02. The van der Waals surface area contributed by atoms with Crippen molar-refractivity contribution in [2.75, 3.05) is 49.2 Å². The number of hydrogen-bond donors (Lipinski definition) is 2. The highest BCUT2D eigenvalue weighted by Crippen LogP contribution is 2.50. The van der Waals surface area contributed by atoms with Crippen LogP contribution in [-0.2, 0) is 0 Å². The van der Waals surface area contributed by atoms with E-state index in [1.54, 1.807) is 0 Å². The molecule has 6 heterocycles. The summed E-state index contributed by atoms with van der Waals surface area (Å²) in [7, 11) is 0. The highest BCUT2D eigenvalue weighted by molar-refractivity contribution is 7.23. The molecular formula is C36H29F5N8O2S. The Bertz CT molecular complexity index is 2360. The van der Waals surface area contributed by atoms with Crippen LogP contribution in [0.4, 0.5) is 38.6 Å². The number of thiophene rings is 1. The molecule has 16 heteroatoms. The van der Waals surface area contributed by atoms with Gasteiger partial charge in [-0.25, -0.2) is 26.9 Å². The number of terminal acetylenes is 1. The molecule has 0 bridgehead atoms. The van der Waals surface area contributed by atoms with Crippen molar-refractivity contribution in [3.05, 3.63) is 58.8 Å². The van der Waals surface area contributed by atoms with Crippen LogP contribution in [0.3, 0.4) is 0 Å². The molecule has 8 rings (SSSR count). The number of nitriles is 1. The summed E-state index contributed by atoms with van der Waals surface area (Å²) >= 11 is 0.828. The lowest BCUT2D eigenvalue weighted by molar-refractivity contribution is 0.106. The van der Waals surface area contributed by atoms with E-state index in [0.717, 1.165) is 23.8 Å². The Morgan fingerprint density at radius 1 is 1.15 bits per heavy atom. The lowest BCUT2D eigenvalue weighted by atomic mass is 9.92. The van der Waals surface area contributed by atoms with Gasteiger partial charge in [-0.2, -0.15) is 15.2 Å². The summed E-state index contributed by atoms with van der Waals surface area (Å²) in [5, 5.41) is 9.93. The molecule has 3 aromatic heterocycles. The topological polar surface area (TPSA) is 139 Å². The Morgan fingerprint density at radius 2 is 1.98 bits per heavy atom. The number of anilines is 3. The third-order valence-corrected chi connectivity index (χ3v) is 11.2. The number of rotatable bonds is 7. The van der Waals surface area contributed by atoms with E-state index < -0.39 is 41.3 Å². The smallest absolute Gasteiger partial charge is 0.319 e. The van der Waals surface area contributed by atoms with Crippen LogP contribution in [0.25, 0.3) is 32.1 Å². The molecular weight excluding hydrogens is 704 g/mol. The SMILES string of the molecule is C#Cc1c(-c2ccc(F)c3sc(N)c(C#N)c23)c(F)c2nc(OC[C@@]34CCCN3C[C@H](F)C4)nc3c2c1OCCN3[C@@H](c1cccnc1N)C(F)F. The van der Waals surface area contributed by atoms with Crippen molar-refractivity contribution in [3.8, 4) is 41.3 Å². The minimum Gasteiger partial charge on any atom is -0.490 e. The molecule has 3 aliphatic rings. The van der Waals surface area contributed by atoms with Gasteiger partial charge in [-0.15, -0.1) is 17.8 Å². The molecule has 0 spiro atoms. The molecule has 10 nitrogen and oxygen atoms in total. The van der Waals surface area contributed by atoms with Gasteiger partial charge in [0.05, 0.1) is 33.3 Å². The molecule has 3 aliphatic heterocycles. The van der Waals surface area contributed by atoms with E-state index in [9.17, 15) is 9.65 Å². The number of fused-ring (bicyclic) bond motifs is 2. The van der Waals surface area contributed by atoms with Crippen LogP contribution < -0.4 is 25.8 Å². The van der Waals surface area contributed by atoms with Gasteiger partial charge in [-0.05, 0) is 37.1 Å². The summed E-state index contributed by atoms with van der Waals surface area (Å²) in [5.41, 5.74) is 10.8. The van der Waals surface area contributed by atoms with E-state index in [-0.39, 0.29) is 104 Å². The largest absolute Gasteiger partial charge is 0.490 e. The second kappa shape index (κ2) is 12.6. The van der Waals surface area contributed by atoms with Crippen LogP contribution in [0.2, 0.25) is 0 Å². The number of aromatic nitrogens is 3. The Morgan fingerprint density at radius 3 is 2.73 bits per heavy atom. The van der Waals surface area contributed by atoms with Gasteiger partial charge in [-0.3, -0.25) is 4.90 Å². The van der Waals surface area contributed by atoms with Crippen molar-refractivity contribution in [3.63, 3.8) is 0 Å². The van der Waals surface area contributed by atoms with Gasteiger partial charge in [0.15, 0.2) is 5.82 Å². The zero-order chi connectivity index (χ0) is 36.5. The molecule has 0 unspecified atom stereocenters. The summed E-state index contributed by atoms with van der Waals surface area (Å²) in [4.78, 5) is 16.3. The minimum atomic E-state index is -3.04. The predicted molar refractivity (Wildman–Crippen MR) is 186 cm³/mol. The van der Waals surface area contributed by atoms with E-state index in [1.807, 2.05) is 11.0 Å². The van der Waals surface area contributed by atoms with Gasteiger partial charge >= 0.3 is 6.01 Å². The number of nitrogens with two attached hydrogens (primary N) is 2. The molecule has 266 valence electrons. The maximum absolute atomic E-state index is 17.4. The van der Waals surface area contributed by atoms with Crippen LogP contribution in [0.15, 0.2) is 30.5 Å². The number of alkyl halides is 3. The van der Waals surface area contributed by atoms with Crippen molar-refractivity contribution < 1.29 is 31.4 Å². The van der Waals surface area contributed by atoms with Gasteiger partial charge in [0, 0.05) is 35.7 Å². The second-order valence-electron chi connectivity index (χ2n) is 13.0. The van der Waals surface area contributed by atoms with Crippen molar-refractivity contribution >= 4 is 49.0 Å². The summed E-state index contributed by atoms with van der Waals surface area (Å²) < 4.78 is 89.8.